The van der Waals surface area contributed by atoms with Gasteiger partial charge in [0.1, 0.15) is 0 Å². The Morgan fingerprint density at radius 1 is 1.50 bits per heavy atom. The lowest BCUT2D eigenvalue weighted by atomic mass is 9.99. The van der Waals surface area contributed by atoms with E-state index in [0.717, 1.165) is 32.8 Å². The second-order valence-electron chi connectivity index (χ2n) is 5.29. The number of rotatable bonds is 5. The fourth-order valence-electron chi connectivity index (χ4n) is 2.94. The van der Waals surface area contributed by atoms with E-state index < -0.39 is 0 Å². The van der Waals surface area contributed by atoms with Crippen LogP contribution in [0.2, 0.25) is 0 Å². The molecule has 0 bridgehead atoms. The van der Waals surface area contributed by atoms with E-state index in [9.17, 15) is 0 Å². The lowest BCUT2D eigenvalue weighted by Gasteiger charge is -2.32. The predicted molar refractivity (Wildman–Crippen MR) is 80.9 cm³/mol. The Morgan fingerprint density at radius 3 is 3.15 bits per heavy atom. The highest BCUT2D eigenvalue weighted by atomic mass is 32.1. The second-order valence-corrected chi connectivity index (χ2v) is 6.33. The maximum absolute atomic E-state index is 5.67. The third kappa shape index (κ3) is 2.80. The number of ether oxygens (including phenoxy) is 1. The van der Waals surface area contributed by atoms with Gasteiger partial charge in [0.25, 0.3) is 0 Å². The van der Waals surface area contributed by atoms with E-state index in [-0.39, 0.29) is 0 Å². The van der Waals surface area contributed by atoms with Crippen LogP contribution in [0.25, 0.3) is 0 Å². The molecule has 0 N–H and O–H groups in total. The van der Waals surface area contributed by atoms with Gasteiger partial charge in [0.2, 0.25) is 0 Å². The molecule has 0 aromatic carbocycles. The van der Waals surface area contributed by atoms with Crippen molar-refractivity contribution in [2.75, 3.05) is 19.8 Å². The minimum absolute atomic E-state index is 0.422. The van der Waals surface area contributed by atoms with E-state index in [1.54, 1.807) is 0 Å². The molecule has 1 aliphatic heterocycles. The first kappa shape index (κ1) is 13.8. The van der Waals surface area contributed by atoms with Crippen LogP contribution in [0.1, 0.15) is 29.1 Å². The lowest BCUT2D eigenvalue weighted by Crippen LogP contribution is -2.35. The second kappa shape index (κ2) is 6.08. The maximum atomic E-state index is 5.67. The number of imidazole rings is 1. The summed E-state index contributed by atoms with van der Waals surface area (Å²) in [6.45, 7) is 6.60. The molecule has 2 aromatic heterocycles. The Balaban J connectivity index is 1.77. The van der Waals surface area contributed by atoms with Gasteiger partial charge in [-0.2, -0.15) is 0 Å². The van der Waals surface area contributed by atoms with Crippen LogP contribution in [0.3, 0.4) is 0 Å². The minimum Gasteiger partial charge on any atom is -0.381 e. The van der Waals surface area contributed by atoms with Gasteiger partial charge in [0.15, 0.2) is 0 Å². The predicted octanol–water partition coefficient (Wildman–Crippen LogP) is 2.62. The topological polar surface area (TPSA) is 30.3 Å². The van der Waals surface area contributed by atoms with Crippen molar-refractivity contribution in [3.05, 3.63) is 40.1 Å². The maximum Gasteiger partial charge on any atom is 0.0949 e. The first-order chi connectivity index (χ1) is 9.78. The molecule has 0 fully saturated rings. The monoisotopic (exact) mass is 291 g/mol. The summed E-state index contributed by atoms with van der Waals surface area (Å²) in [6.07, 6.45) is 1.93. The highest BCUT2D eigenvalue weighted by Crippen LogP contribution is 2.29. The van der Waals surface area contributed by atoms with Crippen LogP contribution in [0.15, 0.2) is 23.8 Å². The molecule has 1 unspecified atom stereocenters. The van der Waals surface area contributed by atoms with E-state index in [1.807, 2.05) is 17.7 Å². The van der Waals surface area contributed by atoms with Crippen LogP contribution >= 0.6 is 11.3 Å². The summed E-state index contributed by atoms with van der Waals surface area (Å²) in [4.78, 5) is 8.46. The Bertz CT molecular complexity index is 549. The van der Waals surface area contributed by atoms with Crippen LogP contribution < -0.4 is 0 Å². The first-order valence-electron chi connectivity index (χ1n) is 7.10. The Morgan fingerprint density at radius 2 is 2.40 bits per heavy atom. The summed E-state index contributed by atoms with van der Waals surface area (Å²) in [6, 6.07) is 4.32. The van der Waals surface area contributed by atoms with E-state index in [0.29, 0.717) is 5.92 Å². The number of thiophene rings is 1. The molecule has 0 radical (unpaired) electrons. The molecule has 1 atom stereocenters. The van der Waals surface area contributed by atoms with Gasteiger partial charge in [-0.05, 0) is 18.4 Å². The van der Waals surface area contributed by atoms with Gasteiger partial charge in [-0.3, -0.25) is 4.90 Å². The normalized spacial score (nSPS) is 19.2. The average Bonchev–Trinajstić information content (AvgIpc) is 3.07. The Labute approximate surface area is 124 Å². The van der Waals surface area contributed by atoms with Crippen LogP contribution in [-0.4, -0.2) is 34.2 Å². The molecular formula is C15H21N3OS. The zero-order chi connectivity index (χ0) is 13.9. The summed E-state index contributed by atoms with van der Waals surface area (Å²) in [5, 5.41) is 2.14. The number of hydrogen-bond acceptors (Lipinski definition) is 4. The van der Waals surface area contributed by atoms with E-state index in [4.69, 9.17) is 4.74 Å². The summed E-state index contributed by atoms with van der Waals surface area (Å²) in [5.41, 5.74) is 2.56. The lowest BCUT2D eigenvalue weighted by molar-refractivity contribution is 0.102. The molecule has 0 aliphatic carbocycles. The number of fused-ring (bicyclic) bond motifs is 1. The first-order valence-corrected chi connectivity index (χ1v) is 7.98. The minimum atomic E-state index is 0.422. The van der Waals surface area contributed by atoms with Crippen molar-refractivity contribution in [1.82, 2.24) is 14.5 Å². The molecule has 0 saturated heterocycles. The molecule has 0 spiro atoms. The van der Waals surface area contributed by atoms with E-state index >= 15 is 0 Å². The average molecular weight is 291 g/mol. The van der Waals surface area contributed by atoms with Crippen molar-refractivity contribution in [2.45, 2.75) is 25.9 Å². The van der Waals surface area contributed by atoms with Gasteiger partial charge < -0.3 is 9.30 Å². The van der Waals surface area contributed by atoms with Crippen molar-refractivity contribution < 1.29 is 4.74 Å². The molecule has 0 amide bonds. The molecule has 1 aliphatic rings. The van der Waals surface area contributed by atoms with Crippen LogP contribution in [0.5, 0.6) is 0 Å². The molecule has 3 heterocycles. The van der Waals surface area contributed by atoms with Crippen molar-refractivity contribution in [3.63, 3.8) is 0 Å². The van der Waals surface area contributed by atoms with Gasteiger partial charge in [-0.25, -0.2) is 4.98 Å². The number of aryl methyl sites for hydroxylation is 1. The van der Waals surface area contributed by atoms with Crippen molar-refractivity contribution in [1.29, 1.82) is 0 Å². The number of nitrogens with zero attached hydrogens (tertiary/aromatic N) is 3. The van der Waals surface area contributed by atoms with E-state index in [1.165, 1.54) is 16.3 Å². The van der Waals surface area contributed by atoms with Crippen LogP contribution in [-0.2, 0) is 24.9 Å². The Kier molecular flexibility index (Phi) is 4.19. The molecule has 0 saturated carbocycles. The van der Waals surface area contributed by atoms with Gasteiger partial charge in [-0.1, -0.05) is 6.07 Å². The summed E-state index contributed by atoms with van der Waals surface area (Å²) in [7, 11) is 2.08. The van der Waals surface area contributed by atoms with Crippen LogP contribution in [0, 0.1) is 0 Å². The number of aromatic nitrogens is 2. The smallest absolute Gasteiger partial charge is 0.0949 e. The van der Waals surface area contributed by atoms with Crippen LogP contribution in [0.4, 0.5) is 0 Å². The standard InChI is InChI=1S/C15H21N3OS/c1-3-19-10-12-7-18(8-13-5-4-6-20-13)9-14-15(12)17(2)11-16-14/h4-6,11-12H,3,7-10H2,1-2H3. The van der Waals surface area contributed by atoms with Crippen molar-refractivity contribution in [3.8, 4) is 0 Å². The SMILES string of the molecule is CCOCC1CN(Cc2cccs2)Cc2ncn(C)c21. The molecule has 108 valence electrons. The molecule has 20 heavy (non-hydrogen) atoms. The highest BCUT2D eigenvalue weighted by molar-refractivity contribution is 7.09. The van der Waals surface area contributed by atoms with Gasteiger partial charge in [0.05, 0.1) is 18.6 Å². The zero-order valence-corrected chi connectivity index (χ0v) is 12.9. The van der Waals surface area contributed by atoms with Gasteiger partial charge in [0, 0.05) is 49.8 Å². The van der Waals surface area contributed by atoms with E-state index in [2.05, 4.69) is 45.9 Å². The van der Waals surface area contributed by atoms with Gasteiger partial charge in [-0.15, -0.1) is 11.3 Å². The number of hydrogen-bond donors (Lipinski definition) is 0. The fraction of sp³-hybridized carbons (Fsp3) is 0.533. The largest absolute Gasteiger partial charge is 0.381 e. The molecule has 4 nitrogen and oxygen atoms in total. The molecule has 5 heteroatoms. The Hall–Kier alpha value is -1.17. The van der Waals surface area contributed by atoms with Crippen molar-refractivity contribution >= 4 is 11.3 Å². The quantitative estimate of drug-likeness (QED) is 0.848. The summed E-state index contributed by atoms with van der Waals surface area (Å²) >= 11 is 1.82. The van der Waals surface area contributed by atoms with Gasteiger partial charge >= 0.3 is 0 Å². The highest BCUT2D eigenvalue weighted by Gasteiger charge is 2.29. The van der Waals surface area contributed by atoms with Crippen molar-refractivity contribution in [2.24, 2.45) is 7.05 Å². The molecular weight excluding hydrogens is 270 g/mol. The third-order valence-electron chi connectivity index (χ3n) is 3.78. The zero-order valence-electron chi connectivity index (χ0n) is 12.1. The summed E-state index contributed by atoms with van der Waals surface area (Å²) < 4.78 is 7.83. The molecule has 2 aromatic rings. The fourth-order valence-corrected chi connectivity index (χ4v) is 3.69. The summed E-state index contributed by atoms with van der Waals surface area (Å²) in [5.74, 6) is 0.422. The third-order valence-corrected chi connectivity index (χ3v) is 4.64. The molecule has 3 rings (SSSR count).